The Morgan fingerprint density at radius 3 is 3.00 bits per heavy atom. The number of nitrogens with one attached hydrogen (secondary N) is 1. The molecule has 7 nitrogen and oxygen atoms in total. The van der Waals surface area contributed by atoms with Gasteiger partial charge >= 0.3 is 5.97 Å². The molecule has 0 aliphatic rings. The van der Waals surface area contributed by atoms with Gasteiger partial charge in [0.05, 0.1) is 17.3 Å². The molecule has 0 aliphatic carbocycles. The van der Waals surface area contributed by atoms with Crippen molar-refractivity contribution >= 4 is 22.7 Å². The Bertz CT molecular complexity index is 609. The molecule has 0 fully saturated rings. The van der Waals surface area contributed by atoms with E-state index in [1.54, 1.807) is 17.9 Å². The molecule has 0 aromatic carbocycles. The standard InChI is InChI=1S/C13H18N4O3/c1-3-20-6-4-5-14-11-9-8-16-17(2)12(9)15-7-10(11)13(18)19/h7-8H,3-6H2,1-2H3,(H,14,15)(H,18,19). The lowest BCUT2D eigenvalue weighted by Gasteiger charge is -2.10. The maximum atomic E-state index is 11.3. The molecule has 0 radical (unpaired) electrons. The third-order valence-corrected chi connectivity index (χ3v) is 2.96. The van der Waals surface area contributed by atoms with Crippen molar-refractivity contribution in [3.63, 3.8) is 0 Å². The zero-order chi connectivity index (χ0) is 14.5. The Hall–Kier alpha value is -2.15. The highest BCUT2D eigenvalue weighted by Crippen LogP contribution is 2.25. The lowest BCUT2D eigenvalue weighted by molar-refractivity contribution is 0.0697. The highest BCUT2D eigenvalue weighted by molar-refractivity contribution is 6.03. The van der Waals surface area contributed by atoms with Gasteiger partial charge in [-0.2, -0.15) is 5.10 Å². The lowest BCUT2D eigenvalue weighted by Crippen LogP contribution is -2.11. The van der Waals surface area contributed by atoms with Gasteiger partial charge in [0.15, 0.2) is 5.65 Å². The number of aromatic nitrogens is 3. The number of hydrogen-bond donors (Lipinski definition) is 2. The van der Waals surface area contributed by atoms with E-state index in [9.17, 15) is 9.90 Å². The maximum Gasteiger partial charge on any atom is 0.339 e. The van der Waals surface area contributed by atoms with Crippen molar-refractivity contribution in [3.8, 4) is 0 Å². The molecule has 2 aromatic heterocycles. The van der Waals surface area contributed by atoms with Crippen molar-refractivity contribution in [2.24, 2.45) is 7.05 Å². The molecule has 7 heteroatoms. The van der Waals surface area contributed by atoms with Gasteiger partial charge in [-0.05, 0) is 13.3 Å². The van der Waals surface area contributed by atoms with Gasteiger partial charge in [-0.25, -0.2) is 9.78 Å². The van der Waals surface area contributed by atoms with Gasteiger partial charge in [0.2, 0.25) is 0 Å². The first-order chi connectivity index (χ1) is 9.65. The molecule has 0 bridgehead atoms. The number of pyridine rings is 1. The summed E-state index contributed by atoms with van der Waals surface area (Å²) >= 11 is 0. The van der Waals surface area contributed by atoms with Gasteiger partial charge in [0.25, 0.3) is 0 Å². The number of anilines is 1. The lowest BCUT2D eigenvalue weighted by atomic mass is 10.2. The van der Waals surface area contributed by atoms with Gasteiger partial charge in [-0.3, -0.25) is 4.68 Å². The molecule has 0 amide bonds. The largest absolute Gasteiger partial charge is 0.478 e. The van der Waals surface area contributed by atoms with Gasteiger partial charge in [0, 0.05) is 33.0 Å². The van der Waals surface area contributed by atoms with Crippen molar-refractivity contribution in [2.75, 3.05) is 25.1 Å². The van der Waals surface area contributed by atoms with Crippen LogP contribution in [0.3, 0.4) is 0 Å². The Balaban J connectivity index is 2.23. The summed E-state index contributed by atoms with van der Waals surface area (Å²) in [5.74, 6) is -1.00. The summed E-state index contributed by atoms with van der Waals surface area (Å²) in [6.07, 6.45) is 3.79. The van der Waals surface area contributed by atoms with E-state index in [0.29, 0.717) is 36.5 Å². The number of ether oxygens (including phenoxy) is 1. The van der Waals surface area contributed by atoms with Crippen molar-refractivity contribution in [3.05, 3.63) is 18.0 Å². The summed E-state index contributed by atoms with van der Waals surface area (Å²) in [5.41, 5.74) is 1.37. The van der Waals surface area contributed by atoms with Crippen LogP contribution >= 0.6 is 0 Å². The third-order valence-electron chi connectivity index (χ3n) is 2.96. The summed E-state index contributed by atoms with van der Waals surface area (Å²) in [4.78, 5) is 15.4. The summed E-state index contributed by atoms with van der Waals surface area (Å²) in [5, 5.41) is 17.2. The van der Waals surface area contributed by atoms with Crippen LogP contribution in [0.4, 0.5) is 5.69 Å². The number of nitrogens with zero attached hydrogens (tertiary/aromatic N) is 3. The summed E-state index contributed by atoms with van der Waals surface area (Å²) in [6, 6.07) is 0. The van der Waals surface area contributed by atoms with Gasteiger partial charge in [0.1, 0.15) is 5.56 Å². The van der Waals surface area contributed by atoms with Crippen LogP contribution in [0, 0.1) is 0 Å². The molecule has 2 rings (SSSR count). The Morgan fingerprint density at radius 1 is 1.50 bits per heavy atom. The molecule has 0 saturated heterocycles. The number of carbonyl (C=O) groups is 1. The SMILES string of the molecule is CCOCCCNc1c(C(=O)O)cnc2c1cnn2C. The fourth-order valence-electron chi connectivity index (χ4n) is 1.98. The van der Waals surface area contributed by atoms with Crippen LogP contribution in [-0.2, 0) is 11.8 Å². The summed E-state index contributed by atoms with van der Waals surface area (Å²) in [7, 11) is 1.77. The van der Waals surface area contributed by atoms with E-state index in [1.165, 1.54) is 6.20 Å². The molecule has 2 N–H and O–H groups in total. The molecular weight excluding hydrogens is 260 g/mol. The predicted octanol–water partition coefficient (Wildman–Crippen LogP) is 1.51. The van der Waals surface area contributed by atoms with Gasteiger partial charge < -0.3 is 15.2 Å². The average Bonchev–Trinajstić information content (AvgIpc) is 2.80. The van der Waals surface area contributed by atoms with E-state index in [0.717, 1.165) is 6.42 Å². The molecule has 0 atom stereocenters. The first-order valence-electron chi connectivity index (χ1n) is 6.50. The Morgan fingerprint density at radius 2 is 2.30 bits per heavy atom. The zero-order valence-electron chi connectivity index (χ0n) is 11.6. The van der Waals surface area contributed by atoms with Crippen LogP contribution in [0.25, 0.3) is 11.0 Å². The molecule has 0 saturated carbocycles. The highest BCUT2D eigenvalue weighted by Gasteiger charge is 2.16. The van der Waals surface area contributed by atoms with E-state index in [-0.39, 0.29) is 5.56 Å². The van der Waals surface area contributed by atoms with Crippen LogP contribution in [-0.4, -0.2) is 45.6 Å². The van der Waals surface area contributed by atoms with Gasteiger partial charge in [-0.1, -0.05) is 0 Å². The second-order valence-corrected chi connectivity index (χ2v) is 4.33. The van der Waals surface area contributed by atoms with Crippen LogP contribution in [0.1, 0.15) is 23.7 Å². The quantitative estimate of drug-likeness (QED) is 0.746. The van der Waals surface area contributed by atoms with E-state index >= 15 is 0 Å². The number of hydrogen-bond acceptors (Lipinski definition) is 5. The van der Waals surface area contributed by atoms with E-state index < -0.39 is 5.97 Å². The molecule has 0 spiro atoms. The van der Waals surface area contributed by atoms with Crippen LogP contribution in [0.15, 0.2) is 12.4 Å². The fraction of sp³-hybridized carbons (Fsp3) is 0.462. The van der Waals surface area contributed by atoms with E-state index in [4.69, 9.17) is 4.74 Å². The van der Waals surface area contributed by atoms with Gasteiger partial charge in [-0.15, -0.1) is 0 Å². The van der Waals surface area contributed by atoms with Crippen molar-refractivity contribution in [1.29, 1.82) is 0 Å². The molecular formula is C13H18N4O3. The minimum Gasteiger partial charge on any atom is -0.478 e. The molecule has 20 heavy (non-hydrogen) atoms. The normalized spacial score (nSPS) is 10.9. The molecule has 0 aliphatic heterocycles. The summed E-state index contributed by atoms with van der Waals surface area (Å²) < 4.78 is 6.87. The highest BCUT2D eigenvalue weighted by atomic mass is 16.5. The maximum absolute atomic E-state index is 11.3. The van der Waals surface area contributed by atoms with Crippen molar-refractivity contribution in [2.45, 2.75) is 13.3 Å². The average molecular weight is 278 g/mol. The number of carboxylic acids is 1. The number of aryl methyl sites for hydroxylation is 1. The number of rotatable bonds is 7. The molecule has 0 unspecified atom stereocenters. The second kappa shape index (κ2) is 6.33. The first kappa shape index (κ1) is 14.3. The van der Waals surface area contributed by atoms with Crippen LogP contribution < -0.4 is 5.32 Å². The van der Waals surface area contributed by atoms with Crippen LogP contribution in [0.2, 0.25) is 0 Å². The second-order valence-electron chi connectivity index (χ2n) is 4.33. The Labute approximate surface area is 116 Å². The van der Waals surface area contributed by atoms with E-state index in [2.05, 4.69) is 15.4 Å². The molecule has 2 heterocycles. The minimum absolute atomic E-state index is 0.155. The third kappa shape index (κ3) is 2.88. The molecule has 2 aromatic rings. The van der Waals surface area contributed by atoms with Crippen molar-refractivity contribution in [1.82, 2.24) is 14.8 Å². The van der Waals surface area contributed by atoms with Crippen LogP contribution in [0.5, 0.6) is 0 Å². The summed E-state index contributed by atoms with van der Waals surface area (Å²) in [6.45, 7) is 3.90. The van der Waals surface area contributed by atoms with Crippen molar-refractivity contribution < 1.29 is 14.6 Å². The topological polar surface area (TPSA) is 89.3 Å². The number of carboxylic acid groups (broad SMARTS) is 1. The van der Waals surface area contributed by atoms with E-state index in [1.807, 2.05) is 6.92 Å². The Kier molecular flexibility index (Phi) is 4.52. The smallest absolute Gasteiger partial charge is 0.339 e. The minimum atomic E-state index is -1.00. The monoisotopic (exact) mass is 278 g/mol. The number of aromatic carboxylic acids is 1. The number of fused-ring (bicyclic) bond motifs is 1. The first-order valence-corrected chi connectivity index (χ1v) is 6.50. The molecule has 108 valence electrons. The fourth-order valence-corrected chi connectivity index (χ4v) is 1.98. The predicted molar refractivity (Wildman–Crippen MR) is 75.1 cm³/mol. The zero-order valence-corrected chi connectivity index (χ0v) is 11.6.